The van der Waals surface area contributed by atoms with E-state index in [2.05, 4.69) is 17.0 Å². The van der Waals surface area contributed by atoms with Crippen LogP contribution in [0.4, 0.5) is 8.78 Å². The van der Waals surface area contributed by atoms with Crippen molar-refractivity contribution >= 4 is 5.97 Å². The summed E-state index contributed by atoms with van der Waals surface area (Å²) in [5.74, 6) is -4.08. The number of nitrogens with one attached hydrogen (secondary N) is 1. The van der Waals surface area contributed by atoms with Crippen molar-refractivity contribution in [1.82, 2.24) is 5.32 Å². The van der Waals surface area contributed by atoms with Crippen LogP contribution in [0.2, 0.25) is 0 Å². The van der Waals surface area contributed by atoms with E-state index in [4.69, 9.17) is 0 Å². The molecule has 1 N–H and O–H groups in total. The van der Waals surface area contributed by atoms with E-state index < -0.39 is 24.4 Å². The van der Waals surface area contributed by atoms with Crippen LogP contribution in [0.3, 0.4) is 0 Å². The van der Waals surface area contributed by atoms with Gasteiger partial charge in [-0.05, 0) is 18.8 Å². The molecule has 1 heterocycles. The fraction of sp³-hybridized carbons (Fsp3) is 0.909. The summed E-state index contributed by atoms with van der Waals surface area (Å²) in [6.07, 6.45) is 2.28. The number of esters is 1. The number of alkyl halides is 2. The zero-order chi connectivity index (χ0) is 11.8. The van der Waals surface area contributed by atoms with Gasteiger partial charge in [0, 0.05) is 12.6 Å². The molecule has 0 aromatic carbocycles. The summed E-state index contributed by atoms with van der Waals surface area (Å²) in [7, 11) is 0. The smallest absolute Gasteiger partial charge is 0.377 e. The van der Waals surface area contributed by atoms with E-state index >= 15 is 0 Å². The minimum atomic E-state index is -3.28. The molecule has 1 saturated heterocycles. The minimum Gasteiger partial charge on any atom is -0.456 e. The first-order valence-corrected chi connectivity index (χ1v) is 5.81. The third-order valence-electron chi connectivity index (χ3n) is 3.53. The summed E-state index contributed by atoms with van der Waals surface area (Å²) in [5, 5.41) is 3.22. The Kier molecular flexibility index (Phi) is 3.15. The van der Waals surface area contributed by atoms with Crippen LogP contribution in [0.1, 0.15) is 32.6 Å². The predicted octanol–water partition coefficient (Wildman–Crippen LogP) is 1.72. The molecule has 3 unspecified atom stereocenters. The second kappa shape index (κ2) is 4.28. The quantitative estimate of drug-likeness (QED) is 0.754. The summed E-state index contributed by atoms with van der Waals surface area (Å²) < 4.78 is 30.3. The van der Waals surface area contributed by atoms with Crippen molar-refractivity contribution in [2.24, 2.45) is 5.92 Å². The molecule has 0 aromatic rings. The van der Waals surface area contributed by atoms with Gasteiger partial charge in [0.1, 0.15) is 6.10 Å². The highest BCUT2D eigenvalue weighted by atomic mass is 19.3. The van der Waals surface area contributed by atoms with Crippen LogP contribution in [0.5, 0.6) is 0 Å². The van der Waals surface area contributed by atoms with Crippen molar-refractivity contribution in [1.29, 1.82) is 0 Å². The summed E-state index contributed by atoms with van der Waals surface area (Å²) >= 11 is 0. The number of rotatable bonds is 3. The first-order valence-electron chi connectivity index (χ1n) is 5.81. The van der Waals surface area contributed by atoms with Crippen LogP contribution in [0.15, 0.2) is 0 Å². The Morgan fingerprint density at radius 3 is 2.75 bits per heavy atom. The van der Waals surface area contributed by atoms with Gasteiger partial charge < -0.3 is 10.1 Å². The highest BCUT2D eigenvalue weighted by molar-refractivity contribution is 5.79. The van der Waals surface area contributed by atoms with Gasteiger partial charge in [-0.1, -0.05) is 13.3 Å². The van der Waals surface area contributed by atoms with Crippen molar-refractivity contribution in [3.63, 3.8) is 0 Å². The van der Waals surface area contributed by atoms with E-state index in [9.17, 15) is 13.6 Å². The lowest BCUT2D eigenvalue weighted by Crippen LogP contribution is -2.37. The number of carbonyl (C=O) groups excluding carboxylic acids is 1. The molecule has 16 heavy (non-hydrogen) atoms. The Labute approximate surface area is 93.5 Å². The monoisotopic (exact) mass is 233 g/mol. The second-order valence-electron chi connectivity index (χ2n) is 4.86. The van der Waals surface area contributed by atoms with Crippen molar-refractivity contribution in [3.05, 3.63) is 0 Å². The summed E-state index contributed by atoms with van der Waals surface area (Å²) in [4.78, 5) is 10.8. The molecule has 1 saturated carbocycles. The molecule has 0 spiro atoms. The van der Waals surface area contributed by atoms with Crippen LogP contribution in [-0.4, -0.2) is 30.6 Å². The molecule has 3 nitrogen and oxygen atoms in total. The normalized spacial score (nSPS) is 37.7. The van der Waals surface area contributed by atoms with E-state index in [1.54, 1.807) is 0 Å². The van der Waals surface area contributed by atoms with Gasteiger partial charge in [0.25, 0.3) is 0 Å². The number of hydrogen-bond acceptors (Lipinski definition) is 3. The first kappa shape index (κ1) is 11.8. The number of carbonyl (C=O) groups is 1. The molecular weight excluding hydrogens is 216 g/mol. The van der Waals surface area contributed by atoms with Crippen LogP contribution in [0, 0.1) is 5.92 Å². The SMILES string of the molecule is CC1CCCC1NCC1CC(F)(F)C(=O)O1. The maximum absolute atomic E-state index is 12.9. The molecule has 0 radical (unpaired) electrons. The van der Waals surface area contributed by atoms with Gasteiger partial charge >= 0.3 is 11.9 Å². The van der Waals surface area contributed by atoms with Crippen molar-refractivity contribution in [3.8, 4) is 0 Å². The van der Waals surface area contributed by atoms with E-state index in [1.165, 1.54) is 12.8 Å². The molecule has 5 heteroatoms. The number of hydrogen-bond donors (Lipinski definition) is 1. The maximum Gasteiger partial charge on any atom is 0.377 e. The van der Waals surface area contributed by atoms with Crippen molar-refractivity contribution in [2.45, 2.75) is 50.7 Å². The maximum atomic E-state index is 12.9. The largest absolute Gasteiger partial charge is 0.456 e. The topological polar surface area (TPSA) is 38.3 Å². The van der Waals surface area contributed by atoms with E-state index in [0.717, 1.165) is 6.42 Å². The van der Waals surface area contributed by atoms with Gasteiger partial charge in [-0.25, -0.2) is 4.79 Å². The molecule has 2 rings (SSSR count). The van der Waals surface area contributed by atoms with Gasteiger partial charge in [-0.3, -0.25) is 0 Å². The third-order valence-corrected chi connectivity index (χ3v) is 3.53. The lowest BCUT2D eigenvalue weighted by atomic mass is 10.1. The van der Waals surface area contributed by atoms with Crippen LogP contribution in [-0.2, 0) is 9.53 Å². The molecule has 2 fully saturated rings. The zero-order valence-electron chi connectivity index (χ0n) is 9.34. The van der Waals surface area contributed by atoms with E-state index in [1.807, 2.05) is 0 Å². The molecule has 0 bridgehead atoms. The fourth-order valence-electron chi connectivity index (χ4n) is 2.49. The zero-order valence-corrected chi connectivity index (χ0v) is 9.34. The molecule has 1 aliphatic heterocycles. The van der Waals surface area contributed by atoms with Gasteiger partial charge in [-0.2, -0.15) is 8.78 Å². The standard InChI is InChI=1S/C11H17F2NO2/c1-7-3-2-4-9(7)14-6-8-5-11(12,13)10(15)16-8/h7-9,14H,2-6H2,1H3. The Morgan fingerprint density at radius 1 is 1.50 bits per heavy atom. The average Bonchev–Trinajstić information content (AvgIpc) is 2.69. The third kappa shape index (κ3) is 2.34. The van der Waals surface area contributed by atoms with Crippen LogP contribution < -0.4 is 5.32 Å². The first-order chi connectivity index (χ1) is 7.49. The number of ether oxygens (including phenoxy) is 1. The molecule has 0 aromatic heterocycles. The lowest BCUT2D eigenvalue weighted by molar-refractivity contribution is -0.159. The molecule has 0 amide bonds. The summed E-state index contributed by atoms with van der Waals surface area (Å²) in [5.41, 5.74) is 0. The Balaban J connectivity index is 1.77. The molecule has 92 valence electrons. The van der Waals surface area contributed by atoms with Gasteiger partial charge in [-0.15, -0.1) is 0 Å². The number of cyclic esters (lactones) is 1. The van der Waals surface area contributed by atoms with Gasteiger partial charge in [0.05, 0.1) is 6.42 Å². The fourth-order valence-corrected chi connectivity index (χ4v) is 2.49. The lowest BCUT2D eigenvalue weighted by Gasteiger charge is -2.19. The van der Waals surface area contributed by atoms with Gasteiger partial charge in [0.15, 0.2) is 0 Å². The Bertz CT molecular complexity index is 283. The average molecular weight is 233 g/mol. The van der Waals surface area contributed by atoms with E-state index in [-0.39, 0.29) is 0 Å². The Morgan fingerprint density at radius 2 is 2.25 bits per heavy atom. The highest BCUT2D eigenvalue weighted by Crippen LogP contribution is 2.31. The van der Waals surface area contributed by atoms with Crippen molar-refractivity contribution < 1.29 is 18.3 Å². The Hall–Kier alpha value is -0.710. The highest BCUT2D eigenvalue weighted by Gasteiger charge is 2.50. The predicted molar refractivity (Wildman–Crippen MR) is 54.2 cm³/mol. The molecule has 3 atom stereocenters. The summed E-state index contributed by atoms with van der Waals surface area (Å²) in [6, 6.07) is 0.382. The summed E-state index contributed by atoms with van der Waals surface area (Å²) in [6.45, 7) is 2.50. The van der Waals surface area contributed by atoms with Crippen LogP contribution >= 0.6 is 0 Å². The van der Waals surface area contributed by atoms with Gasteiger partial charge in [0.2, 0.25) is 0 Å². The van der Waals surface area contributed by atoms with Crippen LogP contribution in [0.25, 0.3) is 0 Å². The molecule has 1 aliphatic carbocycles. The molecular formula is C11H17F2NO2. The van der Waals surface area contributed by atoms with E-state index in [0.29, 0.717) is 18.5 Å². The molecule has 2 aliphatic rings. The van der Waals surface area contributed by atoms with Crippen molar-refractivity contribution in [2.75, 3.05) is 6.54 Å². The minimum absolute atomic E-state index is 0.344. The second-order valence-corrected chi connectivity index (χ2v) is 4.86. The number of halogens is 2.